The number of non-ortho nitro benzene ring substituents is 1. The average Bonchev–Trinajstić information content (AvgIpc) is 3.29. The van der Waals surface area contributed by atoms with Crippen LogP contribution in [0.15, 0.2) is 64.7 Å². The molecule has 0 saturated carbocycles. The van der Waals surface area contributed by atoms with Gasteiger partial charge in [-0.1, -0.05) is 12.1 Å². The Bertz CT molecular complexity index is 1230. The van der Waals surface area contributed by atoms with Crippen molar-refractivity contribution in [3.05, 3.63) is 93.1 Å². The van der Waals surface area contributed by atoms with Crippen molar-refractivity contribution < 1.29 is 23.3 Å². The topological polar surface area (TPSA) is 106 Å². The van der Waals surface area contributed by atoms with E-state index in [1.54, 1.807) is 25.1 Å². The predicted octanol–water partition coefficient (Wildman–Crippen LogP) is 4.40. The van der Waals surface area contributed by atoms with Crippen LogP contribution in [0.2, 0.25) is 0 Å². The second-order valence-corrected chi connectivity index (χ2v) is 6.96. The first-order chi connectivity index (χ1) is 14.8. The monoisotopic (exact) mass is 421 g/mol. The molecule has 8 nitrogen and oxygen atoms in total. The van der Waals surface area contributed by atoms with Gasteiger partial charge in [-0.25, -0.2) is 9.18 Å². The maximum atomic E-state index is 13.1. The highest BCUT2D eigenvalue weighted by Crippen LogP contribution is 2.29. The molecule has 1 N–H and O–H groups in total. The van der Waals surface area contributed by atoms with Crippen LogP contribution in [-0.4, -0.2) is 21.8 Å². The van der Waals surface area contributed by atoms with Gasteiger partial charge in [0.25, 0.3) is 11.6 Å². The summed E-state index contributed by atoms with van der Waals surface area (Å²) in [4.78, 5) is 36.3. The van der Waals surface area contributed by atoms with Crippen molar-refractivity contribution in [2.24, 2.45) is 0 Å². The largest absolute Gasteiger partial charge is 0.457 e. The number of halogens is 1. The Balaban J connectivity index is 1.54. The number of nitro benzene ring substituents is 1. The van der Waals surface area contributed by atoms with E-state index in [0.717, 1.165) is 4.90 Å². The summed E-state index contributed by atoms with van der Waals surface area (Å²) < 4.78 is 18.8. The number of nitrogens with zero attached hydrogens (tertiary/aromatic N) is 2. The number of hydrogen-bond acceptors (Lipinski definition) is 5. The summed E-state index contributed by atoms with van der Waals surface area (Å²) in [6, 6.07) is 12.7. The van der Waals surface area contributed by atoms with Crippen LogP contribution in [0.1, 0.15) is 16.9 Å². The van der Waals surface area contributed by atoms with Crippen molar-refractivity contribution in [3.8, 4) is 11.3 Å². The average molecular weight is 421 g/mol. The van der Waals surface area contributed by atoms with Crippen LogP contribution in [0, 0.1) is 22.9 Å². The second-order valence-electron chi connectivity index (χ2n) is 6.96. The molecule has 2 heterocycles. The molecule has 1 aliphatic rings. The number of furan rings is 1. The van der Waals surface area contributed by atoms with Crippen LogP contribution < -0.4 is 5.32 Å². The molecule has 0 radical (unpaired) electrons. The first kappa shape index (κ1) is 20.0. The molecular formula is C22H16FN3O5. The standard InChI is InChI=1S/C22H16FN3O5/c1-13-10-16(26(29)30)6-8-18(13)20-9-7-17(31-20)11-19-21(27)25(22(28)24-19)12-14-2-4-15(23)5-3-14/h2-11H,12H2,1H3,(H,24,28)/b19-11-. The lowest BCUT2D eigenvalue weighted by atomic mass is 10.1. The molecule has 1 aliphatic heterocycles. The van der Waals surface area contributed by atoms with Crippen molar-refractivity contribution in [2.45, 2.75) is 13.5 Å². The molecule has 3 aromatic rings. The minimum atomic E-state index is -0.585. The van der Waals surface area contributed by atoms with E-state index in [0.29, 0.717) is 28.2 Å². The summed E-state index contributed by atoms with van der Waals surface area (Å²) >= 11 is 0. The SMILES string of the molecule is Cc1cc([N+](=O)[O-])ccc1-c1ccc(/C=C2\NC(=O)N(Cc3ccc(F)cc3)C2=O)o1. The molecule has 9 heteroatoms. The predicted molar refractivity (Wildman–Crippen MR) is 109 cm³/mol. The van der Waals surface area contributed by atoms with Gasteiger partial charge in [-0.05, 0) is 48.4 Å². The van der Waals surface area contributed by atoms with Crippen LogP contribution in [0.3, 0.4) is 0 Å². The fourth-order valence-corrected chi connectivity index (χ4v) is 3.24. The van der Waals surface area contributed by atoms with E-state index in [2.05, 4.69) is 5.32 Å². The number of rotatable bonds is 5. The smallest absolute Gasteiger partial charge is 0.329 e. The van der Waals surface area contributed by atoms with Gasteiger partial charge >= 0.3 is 6.03 Å². The number of imide groups is 1. The van der Waals surface area contributed by atoms with Crippen molar-refractivity contribution >= 4 is 23.7 Å². The van der Waals surface area contributed by atoms with Crippen LogP contribution in [-0.2, 0) is 11.3 Å². The van der Waals surface area contributed by atoms with Gasteiger partial charge in [-0.2, -0.15) is 0 Å². The van der Waals surface area contributed by atoms with Gasteiger partial charge in [0.2, 0.25) is 0 Å². The number of hydrogen-bond donors (Lipinski definition) is 1. The zero-order valence-electron chi connectivity index (χ0n) is 16.3. The number of urea groups is 1. The van der Waals surface area contributed by atoms with Gasteiger partial charge in [0.1, 0.15) is 23.0 Å². The van der Waals surface area contributed by atoms with Gasteiger partial charge in [0.05, 0.1) is 11.5 Å². The molecule has 156 valence electrons. The Labute approximate surface area is 175 Å². The lowest BCUT2D eigenvalue weighted by Gasteiger charge is -2.11. The summed E-state index contributed by atoms with van der Waals surface area (Å²) in [7, 11) is 0. The van der Waals surface area contributed by atoms with Crippen molar-refractivity contribution in [1.82, 2.24) is 10.2 Å². The quantitative estimate of drug-likeness (QED) is 0.285. The molecule has 1 aromatic heterocycles. The number of nitrogens with one attached hydrogen (secondary N) is 1. The highest BCUT2D eigenvalue weighted by Gasteiger charge is 2.33. The van der Waals surface area contributed by atoms with E-state index < -0.39 is 22.7 Å². The molecule has 1 fully saturated rings. The molecular weight excluding hydrogens is 405 g/mol. The zero-order valence-corrected chi connectivity index (χ0v) is 16.3. The van der Waals surface area contributed by atoms with Crippen molar-refractivity contribution in [2.75, 3.05) is 0 Å². The third kappa shape index (κ3) is 4.06. The van der Waals surface area contributed by atoms with E-state index >= 15 is 0 Å². The van der Waals surface area contributed by atoms with Crippen molar-refractivity contribution in [3.63, 3.8) is 0 Å². The molecule has 2 aromatic carbocycles. The lowest BCUT2D eigenvalue weighted by Crippen LogP contribution is -2.30. The van der Waals surface area contributed by atoms with Crippen LogP contribution in [0.5, 0.6) is 0 Å². The highest BCUT2D eigenvalue weighted by atomic mass is 19.1. The maximum Gasteiger partial charge on any atom is 0.329 e. The molecule has 0 atom stereocenters. The zero-order chi connectivity index (χ0) is 22.1. The molecule has 0 spiro atoms. The lowest BCUT2D eigenvalue weighted by molar-refractivity contribution is -0.384. The van der Waals surface area contributed by atoms with Crippen LogP contribution >= 0.6 is 0 Å². The Morgan fingerprint density at radius 1 is 1.13 bits per heavy atom. The molecule has 1 saturated heterocycles. The third-order valence-electron chi connectivity index (χ3n) is 4.82. The number of nitro groups is 1. The Hall–Kier alpha value is -4.27. The first-order valence-corrected chi connectivity index (χ1v) is 9.26. The maximum absolute atomic E-state index is 13.1. The van der Waals surface area contributed by atoms with Gasteiger partial charge < -0.3 is 9.73 Å². The summed E-state index contributed by atoms with van der Waals surface area (Å²) in [5.74, 6) is -0.128. The summed E-state index contributed by atoms with van der Waals surface area (Å²) in [5.41, 5.74) is 1.98. The van der Waals surface area contributed by atoms with Crippen LogP contribution in [0.25, 0.3) is 17.4 Å². The Morgan fingerprint density at radius 2 is 1.87 bits per heavy atom. The van der Waals surface area contributed by atoms with Crippen LogP contribution in [0.4, 0.5) is 14.9 Å². The summed E-state index contributed by atoms with van der Waals surface area (Å²) in [5, 5.41) is 13.4. The Kier molecular flexibility index (Phi) is 5.08. The molecule has 0 unspecified atom stereocenters. The van der Waals surface area contributed by atoms with Gasteiger partial charge in [-0.15, -0.1) is 0 Å². The van der Waals surface area contributed by atoms with E-state index in [1.807, 2.05) is 0 Å². The van der Waals surface area contributed by atoms with E-state index in [9.17, 15) is 24.1 Å². The fourth-order valence-electron chi connectivity index (χ4n) is 3.24. The molecule has 31 heavy (non-hydrogen) atoms. The molecule has 3 amide bonds. The fraction of sp³-hybridized carbons (Fsp3) is 0.0909. The number of carbonyl (C=O) groups excluding carboxylic acids is 2. The molecule has 0 aliphatic carbocycles. The number of benzene rings is 2. The number of carbonyl (C=O) groups is 2. The number of amides is 3. The first-order valence-electron chi connectivity index (χ1n) is 9.26. The summed E-state index contributed by atoms with van der Waals surface area (Å²) in [6.07, 6.45) is 1.41. The summed E-state index contributed by atoms with van der Waals surface area (Å²) in [6.45, 7) is 1.74. The van der Waals surface area contributed by atoms with E-state index in [-0.39, 0.29) is 17.9 Å². The van der Waals surface area contributed by atoms with Crippen molar-refractivity contribution in [1.29, 1.82) is 0 Å². The van der Waals surface area contributed by atoms with Gasteiger partial charge in [0, 0.05) is 23.8 Å². The molecule has 4 rings (SSSR count). The molecule has 0 bridgehead atoms. The van der Waals surface area contributed by atoms with Gasteiger partial charge in [0.15, 0.2) is 0 Å². The van der Waals surface area contributed by atoms with E-state index in [1.165, 1.54) is 42.5 Å². The Morgan fingerprint density at radius 3 is 2.55 bits per heavy atom. The van der Waals surface area contributed by atoms with E-state index in [4.69, 9.17) is 4.42 Å². The second kappa shape index (κ2) is 7.86. The third-order valence-corrected chi connectivity index (χ3v) is 4.82. The minimum Gasteiger partial charge on any atom is -0.457 e. The highest BCUT2D eigenvalue weighted by molar-refractivity contribution is 6.13. The normalized spacial score (nSPS) is 14.9. The minimum absolute atomic E-state index is 0.00762. The number of aryl methyl sites for hydroxylation is 1. The van der Waals surface area contributed by atoms with Gasteiger partial charge in [-0.3, -0.25) is 19.8 Å².